The number of carbonyl (C=O) groups excluding carboxylic acids is 1. The van der Waals surface area contributed by atoms with Crippen LogP contribution in [0, 0.1) is 0 Å². The van der Waals surface area contributed by atoms with Crippen molar-refractivity contribution in [2.45, 2.75) is 38.0 Å². The number of rotatable bonds is 5. The minimum absolute atomic E-state index is 0.105. The summed E-state index contributed by atoms with van der Waals surface area (Å²) in [6.07, 6.45) is -3.93. The SMILES string of the molecule is CC(=O)c1c(C(F)(F)F)nn(-c2ccc(S(C)(=O)=O)nn2)c1N(C)C(C)C. The molecule has 0 N–H and O–H groups in total. The van der Waals surface area contributed by atoms with Crippen molar-refractivity contribution in [3.05, 3.63) is 23.4 Å². The molecule has 0 saturated heterocycles. The van der Waals surface area contributed by atoms with Gasteiger partial charge in [-0.1, -0.05) is 0 Å². The summed E-state index contributed by atoms with van der Waals surface area (Å²) in [5.74, 6) is -1.06. The van der Waals surface area contributed by atoms with Gasteiger partial charge in [-0.05, 0) is 32.9 Å². The maximum absolute atomic E-state index is 13.4. The summed E-state index contributed by atoms with van der Waals surface area (Å²) < 4.78 is 64.2. The lowest BCUT2D eigenvalue weighted by Gasteiger charge is -2.25. The summed E-state index contributed by atoms with van der Waals surface area (Å²) in [7, 11) is -2.11. The molecule has 0 atom stereocenters. The zero-order chi connectivity index (χ0) is 20.7. The van der Waals surface area contributed by atoms with Gasteiger partial charge in [-0.2, -0.15) is 23.0 Å². The van der Waals surface area contributed by atoms with Crippen LogP contribution >= 0.6 is 0 Å². The summed E-state index contributed by atoms with van der Waals surface area (Å²) in [4.78, 5) is 13.4. The molecule has 0 bridgehead atoms. The minimum Gasteiger partial charge on any atom is -0.356 e. The Kier molecular flexibility index (Phi) is 5.32. The quantitative estimate of drug-likeness (QED) is 0.703. The van der Waals surface area contributed by atoms with E-state index in [1.54, 1.807) is 13.8 Å². The average molecular weight is 405 g/mol. The number of sulfone groups is 1. The van der Waals surface area contributed by atoms with Gasteiger partial charge < -0.3 is 4.90 Å². The molecule has 0 radical (unpaired) electrons. The monoisotopic (exact) mass is 405 g/mol. The normalized spacial score (nSPS) is 12.5. The van der Waals surface area contributed by atoms with Crippen molar-refractivity contribution in [1.82, 2.24) is 20.0 Å². The number of hydrogen-bond donors (Lipinski definition) is 0. The van der Waals surface area contributed by atoms with Gasteiger partial charge in [-0.3, -0.25) is 4.79 Å². The molecule has 0 spiro atoms. The Bertz CT molecular complexity index is 966. The largest absolute Gasteiger partial charge is 0.435 e. The van der Waals surface area contributed by atoms with Gasteiger partial charge in [-0.15, -0.1) is 10.2 Å². The second-order valence-electron chi connectivity index (χ2n) is 6.22. The van der Waals surface area contributed by atoms with Crippen molar-refractivity contribution in [1.29, 1.82) is 0 Å². The Morgan fingerprint density at radius 2 is 1.81 bits per heavy atom. The molecule has 12 heteroatoms. The number of ketones is 1. The lowest BCUT2D eigenvalue weighted by molar-refractivity contribution is -0.141. The van der Waals surface area contributed by atoms with E-state index in [0.717, 1.165) is 23.9 Å². The van der Waals surface area contributed by atoms with Crippen molar-refractivity contribution in [2.75, 3.05) is 18.2 Å². The van der Waals surface area contributed by atoms with E-state index < -0.39 is 33.1 Å². The lowest BCUT2D eigenvalue weighted by atomic mass is 10.1. The van der Waals surface area contributed by atoms with Crippen LogP contribution in [0.15, 0.2) is 17.2 Å². The van der Waals surface area contributed by atoms with E-state index in [1.165, 1.54) is 18.0 Å². The molecule has 0 amide bonds. The van der Waals surface area contributed by atoms with Crippen LogP contribution in [0.4, 0.5) is 19.0 Å². The van der Waals surface area contributed by atoms with Crippen molar-refractivity contribution in [3.8, 4) is 5.82 Å². The molecule has 0 aliphatic rings. The number of anilines is 1. The molecular formula is C15H18F3N5O3S. The van der Waals surface area contributed by atoms with Gasteiger partial charge in [0.05, 0.1) is 5.56 Å². The number of hydrogen-bond acceptors (Lipinski definition) is 7. The van der Waals surface area contributed by atoms with Crippen LogP contribution in [0.25, 0.3) is 5.82 Å². The first-order valence-electron chi connectivity index (χ1n) is 7.73. The topological polar surface area (TPSA) is 98.0 Å². The van der Waals surface area contributed by atoms with Crippen molar-refractivity contribution in [2.24, 2.45) is 0 Å². The fourth-order valence-electron chi connectivity index (χ4n) is 2.29. The molecule has 0 aliphatic heterocycles. The van der Waals surface area contributed by atoms with Crippen LogP contribution in [0.1, 0.15) is 36.8 Å². The minimum atomic E-state index is -4.86. The van der Waals surface area contributed by atoms with E-state index in [2.05, 4.69) is 15.3 Å². The van der Waals surface area contributed by atoms with Gasteiger partial charge in [0, 0.05) is 19.3 Å². The van der Waals surface area contributed by atoms with E-state index >= 15 is 0 Å². The van der Waals surface area contributed by atoms with Crippen molar-refractivity contribution >= 4 is 21.4 Å². The summed E-state index contributed by atoms with van der Waals surface area (Å²) in [5, 5.41) is 10.4. The zero-order valence-corrected chi connectivity index (χ0v) is 16.1. The molecule has 0 aromatic carbocycles. The van der Waals surface area contributed by atoms with Gasteiger partial charge in [-0.25, -0.2) is 8.42 Å². The van der Waals surface area contributed by atoms with Crippen LogP contribution in [0.2, 0.25) is 0 Å². The highest BCUT2D eigenvalue weighted by atomic mass is 32.2. The summed E-state index contributed by atoms with van der Waals surface area (Å²) in [5.41, 5.74) is -1.93. The average Bonchev–Trinajstić information content (AvgIpc) is 2.94. The fraction of sp³-hybridized carbons (Fsp3) is 0.467. The Balaban J connectivity index is 2.81. The van der Waals surface area contributed by atoms with Crippen molar-refractivity contribution in [3.63, 3.8) is 0 Å². The first-order chi connectivity index (χ1) is 12.2. The molecule has 2 rings (SSSR count). The Labute approximate surface area is 153 Å². The predicted octanol–water partition coefficient (Wildman–Crippen LogP) is 2.13. The predicted molar refractivity (Wildman–Crippen MR) is 90.8 cm³/mol. The number of Topliss-reactive ketones (excluding diaryl/α,β-unsaturated/α-hetero) is 1. The van der Waals surface area contributed by atoms with E-state index in [9.17, 15) is 26.4 Å². The third-order valence-electron chi connectivity index (χ3n) is 3.81. The van der Waals surface area contributed by atoms with Crippen LogP contribution in [-0.2, 0) is 16.0 Å². The standard InChI is InChI=1S/C15H18F3N5O3S/c1-8(2)22(4)14-12(9(3)24)13(15(16,17)18)21-23(14)10-6-7-11(20-19-10)27(5,25)26/h6-8H,1-5H3. The van der Waals surface area contributed by atoms with Crippen molar-refractivity contribution < 1.29 is 26.4 Å². The molecule has 2 aromatic heterocycles. The van der Waals surface area contributed by atoms with Crippen LogP contribution in [0.3, 0.4) is 0 Å². The molecule has 0 unspecified atom stereocenters. The smallest absolute Gasteiger partial charge is 0.356 e. The second-order valence-corrected chi connectivity index (χ2v) is 8.18. The Morgan fingerprint density at radius 1 is 1.22 bits per heavy atom. The maximum atomic E-state index is 13.4. The van der Waals surface area contributed by atoms with E-state index in [0.29, 0.717) is 0 Å². The van der Waals surface area contributed by atoms with E-state index in [-0.39, 0.29) is 22.7 Å². The van der Waals surface area contributed by atoms with Gasteiger partial charge in [0.2, 0.25) is 0 Å². The Hall–Kier alpha value is -2.50. The van der Waals surface area contributed by atoms with Gasteiger partial charge in [0.25, 0.3) is 0 Å². The summed E-state index contributed by atoms with van der Waals surface area (Å²) >= 11 is 0. The molecule has 0 aliphatic carbocycles. The number of carbonyl (C=O) groups is 1. The third-order valence-corrected chi connectivity index (χ3v) is 4.79. The van der Waals surface area contributed by atoms with Crippen LogP contribution in [-0.4, -0.2) is 53.5 Å². The molecule has 0 saturated carbocycles. The number of nitrogens with zero attached hydrogens (tertiary/aromatic N) is 5. The highest BCUT2D eigenvalue weighted by Gasteiger charge is 2.42. The molecule has 2 heterocycles. The van der Waals surface area contributed by atoms with Gasteiger partial charge in [0.15, 0.2) is 32.2 Å². The highest BCUT2D eigenvalue weighted by Crippen LogP contribution is 2.37. The van der Waals surface area contributed by atoms with E-state index in [4.69, 9.17) is 0 Å². The first-order valence-corrected chi connectivity index (χ1v) is 9.62. The first kappa shape index (κ1) is 20.8. The number of aromatic nitrogens is 4. The van der Waals surface area contributed by atoms with Crippen LogP contribution < -0.4 is 4.90 Å². The molecule has 0 fully saturated rings. The molecule has 27 heavy (non-hydrogen) atoms. The zero-order valence-electron chi connectivity index (χ0n) is 15.2. The Morgan fingerprint density at radius 3 is 2.19 bits per heavy atom. The second kappa shape index (κ2) is 6.91. The van der Waals surface area contributed by atoms with E-state index in [1.807, 2.05) is 0 Å². The number of halogens is 3. The van der Waals surface area contributed by atoms with Gasteiger partial charge >= 0.3 is 6.18 Å². The summed E-state index contributed by atoms with van der Waals surface area (Å²) in [6.45, 7) is 4.48. The number of alkyl halides is 3. The maximum Gasteiger partial charge on any atom is 0.435 e. The lowest BCUT2D eigenvalue weighted by Crippen LogP contribution is -2.29. The third kappa shape index (κ3) is 4.10. The molecule has 148 valence electrons. The van der Waals surface area contributed by atoms with Crippen LogP contribution in [0.5, 0.6) is 0 Å². The highest BCUT2D eigenvalue weighted by molar-refractivity contribution is 7.90. The fourth-order valence-corrected chi connectivity index (χ4v) is 2.79. The molecule has 8 nitrogen and oxygen atoms in total. The molecular weight excluding hydrogens is 387 g/mol. The summed E-state index contributed by atoms with van der Waals surface area (Å²) in [6, 6.07) is 2.03. The van der Waals surface area contributed by atoms with Gasteiger partial charge in [0.1, 0.15) is 5.82 Å². The molecule has 2 aromatic rings.